The smallest absolute Gasteiger partial charge is 0.465 e. The average molecular weight is 283 g/mol. The van der Waals surface area contributed by atoms with Gasteiger partial charge in [0.15, 0.2) is 0 Å². The van der Waals surface area contributed by atoms with Crippen LogP contribution in [0.1, 0.15) is 24.2 Å². The second kappa shape index (κ2) is 5.53. The molecule has 1 fully saturated rings. The molecule has 1 aliphatic heterocycles. The van der Waals surface area contributed by atoms with E-state index < -0.39 is 13.1 Å². The first kappa shape index (κ1) is 14.4. The summed E-state index contributed by atoms with van der Waals surface area (Å²) in [7, 11) is 0.803. The molecule has 0 N–H and O–H groups in total. The van der Waals surface area contributed by atoms with Gasteiger partial charge in [-0.2, -0.15) is 0 Å². The summed E-state index contributed by atoms with van der Waals surface area (Å²) in [5.74, 6) is -0.408. The molecule has 0 radical (unpaired) electrons. The summed E-state index contributed by atoms with van der Waals surface area (Å²) in [4.78, 5) is 11.5. The minimum absolute atomic E-state index is 0.0110. The van der Waals surface area contributed by atoms with Crippen molar-refractivity contribution >= 4 is 30.2 Å². The van der Waals surface area contributed by atoms with Crippen molar-refractivity contribution in [3.63, 3.8) is 0 Å². The fraction of sp³-hybridized carbons (Fsp3) is 0.462. The van der Waals surface area contributed by atoms with Crippen LogP contribution < -0.4 is 5.46 Å². The molecular formula is C13H16BClO4. The predicted octanol–water partition coefficient (Wildman–Crippen LogP) is 1.89. The Bertz CT molecular complexity index is 480. The summed E-state index contributed by atoms with van der Waals surface area (Å²) < 4.78 is 16.0. The molecule has 1 aliphatic rings. The molecule has 2 rings (SSSR count). The van der Waals surface area contributed by atoms with Crippen LogP contribution in [-0.4, -0.2) is 33.4 Å². The molecular weight excluding hydrogens is 266 g/mol. The van der Waals surface area contributed by atoms with Gasteiger partial charge < -0.3 is 14.0 Å². The first-order valence-electron chi connectivity index (χ1n) is 6.04. The molecule has 19 heavy (non-hydrogen) atoms. The Morgan fingerprint density at radius 2 is 2.00 bits per heavy atom. The van der Waals surface area contributed by atoms with Gasteiger partial charge in [-0.1, -0.05) is 25.4 Å². The van der Waals surface area contributed by atoms with Crippen LogP contribution in [0.5, 0.6) is 0 Å². The largest absolute Gasteiger partial charge is 0.495 e. The van der Waals surface area contributed by atoms with Crippen LogP contribution in [0.4, 0.5) is 0 Å². The van der Waals surface area contributed by atoms with Gasteiger partial charge in [0.1, 0.15) is 0 Å². The van der Waals surface area contributed by atoms with E-state index in [1.54, 1.807) is 18.2 Å². The van der Waals surface area contributed by atoms with E-state index in [2.05, 4.69) is 18.6 Å². The number of halogens is 1. The zero-order chi connectivity index (χ0) is 14.0. The normalized spacial score (nSPS) is 18.2. The Balaban J connectivity index is 2.22. The lowest BCUT2D eigenvalue weighted by Gasteiger charge is -2.33. The summed E-state index contributed by atoms with van der Waals surface area (Å²) in [5, 5.41) is 0.511. The molecule has 1 aromatic carbocycles. The summed E-state index contributed by atoms with van der Waals surface area (Å²) >= 11 is 6.14. The highest BCUT2D eigenvalue weighted by molar-refractivity contribution is 6.65. The molecule has 1 aromatic rings. The first-order chi connectivity index (χ1) is 8.93. The number of esters is 1. The van der Waals surface area contributed by atoms with E-state index in [1.807, 2.05) is 0 Å². The lowest BCUT2D eigenvalue weighted by Crippen LogP contribution is -2.47. The van der Waals surface area contributed by atoms with Crippen LogP contribution in [0, 0.1) is 5.41 Å². The first-order valence-corrected chi connectivity index (χ1v) is 6.42. The molecule has 0 aliphatic carbocycles. The Morgan fingerprint density at radius 1 is 1.37 bits per heavy atom. The van der Waals surface area contributed by atoms with E-state index in [9.17, 15) is 4.79 Å². The van der Waals surface area contributed by atoms with Crippen LogP contribution in [0.2, 0.25) is 5.02 Å². The summed E-state index contributed by atoms with van der Waals surface area (Å²) in [5.41, 5.74) is 1.07. The Hall–Kier alpha value is -1.04. The third-order valence-electron chi connectivity index (χ3n) is 2.92. The highest BCUT2D eigenvalue weighted by atomic mass is 35.5. The van der Waals surface area contributed by atoms with Gasteiger partial charge in [-0.25, -0.2) is 4.79 Å². The van der Waals surface area contributed by atoms with Gasteiger partial charge in [-0.3, -0.25) is 0 Å². The van der Waals surface area contributed by atoms with E-state index in [1.165, 1.54) is 7.11 Å². The van der Waals surface area contributed by atoms with E-state index in [-0.39, 0.29) is 5.41 Å². The van der Waals surface area contributed by atoms with Crippen LogP contribution in [-0.2, 0) is 14.0 Å². The summed E-state index contributed by atoms with van der Waals surface area (Å²) in [6, 6.07) is 4.91. The Labute approximate surface area is 118 Å². The van der Waals surface area contributed by atoms with Gasteiger partial charge >= 0.3 is 13.1 Å². The third kappa shape index (κ3) is 3.29. The topological polar surface area (TPSA) is 44.8 Å². The second-order valence-corrected chi connectivity index (χ2v) is 5.75. The lowest BCUT2D eigenvalue weighted by molar-refractivity contribution is 0.0343. The van der Waals surface area contributed by atoms with Gasteiger partial charge in [0.2, 0.25) is 0 Å². The van der Waals surface area contributed by atoms with Crippen molar-refractivity contribution in [2.45, 2.75) is 13.8 Å². The predicted molar refractivity (Wildman–Crippen MR) is 73.9 cm³/mol. The third-order valence-corrected chi connectivity index (χ3v) is 3.27. The van der Waals surface area contributed by atoms with Crippen molar-refractivity contribution in [3.8, 4) is 0 Å². The van der Waals surface area contributed by atoms with Crippen LogP contribution in [0.3, 0.4) is 0 Å². The molecule has 0 spiro atoms. The van der Waals surface area contributed by atoms with E-state index in [4.69, 9.17) is 20.9 Å². The Morgan fingerprint density at radius 3 is 2.58 bits per heavy atom. The number of carbonyl (C=O) groups is 1. The van der Waals surface area contributed by atoms with Gasteiger partial charge in [-0.05, 0) is 18.2 Å². The fourth-order valence-electron chi connectivity index (χ4n) is 1.84. The minimum Gasteiger partial charge on any atom is -0.465 e. The van der Waals surface area contributed by atoms with Crippen LogP contribution >= 0.6 is 11.6 Å². The van der Waals surface area contributed by atoms with Gasteiger partial charge in [0.05, 0.1) is 12.7 Å². The molecule has 0 bridgehead atoms. The number of hydrogen-bond acceptors (Lipinski definition) is 4. The summed E-state index contributed by atoms with van der Waals surface area (Å²) in [6.45, 7) is 5.29. The fourth-order valence-corrected chi connectivity index (χ4v) is 2.05. The molecule has 4 nitrogen and oxygen atoms in total. The van der Waals surface area contributed by atoms with Crippen molar-refractivity contribution in [1.82, 2.24) is 0 Å². The van der Waals surface area contributed by atoms with Crippen LogP contribution in [0.15, 0.2) is 18.2 Å². The number of methoxy groups -OCH3 is 1. The molecule has 6 heteroatoms. The van der Waals surface area contributed by atoms with Crippen LogP contribution in [0.25, 0.3) is 0 Å². The second-order valence-electron chi connectivity index (χ2n) is 5.35. The highest BCUT2D eigenvalue weighted by Gasteiger charge is 2.35. The highest BCUT2D eigenvalue weighted by Crippen LogP contribution is 2.22. The van der Waals surface area contributed by atoms with Crippen molar-refractivity contribution in [2.24, 2.45) is 5.41 Å². The average Bonchev–Trinajstić information content (AvgIpc) is 2.39. The Kier molecular flexibility index (Phi) is 4.18. The standard InChI is InChI=1S/C13H16BClO4/c1-13(2)7-18-14(19-8-13)10-6-9(12(16)17-3)4-5-11(10)15/h4-6H,7-8H2,1-3H3. The summed E-state index contributed by atoms with van der Waals surface area (Å²) in [6.07, 6.45) is 0. The van der Waals surface area contributed by atoms with E-state index in [0.717, 1.165) is 0 Å². The molecule has 0 saturated carbocycles. The number of hydrogen-bond donors (Lipinski definition) is 0. The quantitative estimate of drug-likeness (QED) is 0.614. The van der Waals surface area contributed by atoms with E-state index in [0.29, 0.717) is 29.3 Å². The maximum atomic E-state index is 11.5. The molecule has 0 atom stereocenters. The minimum atomic E-state index is -0.537. The van der Waals surface area contributed by atoms with Gasteiger partial charge in [-0.15, -0.1) is 0 Å². The molecule has 102 valence electrons. The van der Waals surface area contributed by atoms with Gasteiger partial charge in [0, 0.05) is 29.1 Å². The molecule has 1 saturated heterocycles. The zero-order valence-electron chi connectivity index (χ0n) is 11.2. The zero-order valence-corrected chi connectivity index (χ0v) is 12.0. The van der Waals surface area contributed by atoms with Crippen molar-refractivity contribution in [3.05, 3.63) is 28.8 Å². The maximum absolute atomic E-state index is 11.5. The monoisotopic (exact) mass is 282 g/mol. The lowest BCUT2D eigenvalue weighted by atomic mass is 9.75. The molecule has 0 aromatic heterocycles. The number of ether oxygens (including phenoxy) is 1. The number of benzene rings is 1. The SMILES string of the molecule is COC(=O)c1ccc(Cl)c(B2OCC(C)(C)CO2)c1. The molecule has 0 amide bonds. The molecule has 1 heterocycles. The van der Waals surface area contributed by atoms with Crippen molar-refractivity contribution in [2.75, 3.05) is 20.3 Å². The number of carbonyl (C=O) groups excluding carboxylic acids is 1. The van der Waals surface area contributed by atoms with Crippen molar-refractivity contribution in [1.29, 1.82) is 0 Å². The maximum Gasteiger partial charge on any atom is 0.495 e. The van der Waals surface area contributed by atoms with Gasteiger partial charge in [0.25, 0.3) is 0 Å². The molecule has 0 unspecified atom stereocenters. The van der Waals surface area contributed by atoms with E-state index >= 15 is 0 Å². The van der Waals surface area contributed by atoms with Crippen molar-refractivity contribution < 1.29 is 18.8 Å². The number of rotatable bonds is 2.